The van der Waals surface area contributed by atoms with Crippen molar-refractivity contribution in [2.24, 2.45) is 0 Å². The fourth-order valence-electron chi connectivity index (χ4n) is 2.87. The van der Waals surface area contributed by atoms with Gasteiger partial charge in [0, 0.05) is 19.6 Å². The van der Waals surface area contributed by atoms with E-state index in [1.54, 1.807) is 17.0 Å². The van der Waals surface area contributed by atoms with Crippen LogP contribution in [0.15, 0.2) is 24.3 Å². The molecule has 1 aliphatic rings. The van der Waals surface area contributed by atoms with Crippen LogP contribution in [0.1, 0.15) is 46.3 Å². The van der Waals surface area contributed by atoms with Gasteiger partial charge in [-0.1, -0.05) is 25.5 Å². The maximum Gasteiger partial charge on any atom is 0.276 e. The number of carbonyl (C=O) groups is 2. The topological polar surface area (TPSA) is 87.5 Å². The van der Waals surface area contributed by atoms with E-state index >= 15 is 0 Å². The largest absolute Gasteiger partial charge is 0.504 e. The van der Waals surface area contributed by atoms with Gasteiger partial charge in [-0.05, 0) is 24.1 Å². The molecule has 2 N–H and O–H groups in total. The predicted octanol–water partition coefficient (Wildman–Crippen LogP) is 1.91. The zero-order valence-corrected chi connectivity index (χ0v) is 14.5. The Labute approximate surface area is 150 Å². The van der Waals surface area contributed by atoms with E-state index in [9.17, 15) is 19.1 Å². The van der Waals surface area contributed by atoms with Crippen molar-refractivity contribution in [3.63, 3.8) is 0 Å². The highest BCUT2D eigenvalue weighted by Crippen LogP contribution is 2.27. The minimum Gasteiger partial charge on any atom is -0.504 e. The summed E-state index contributed by atoms with van der Waals surface area (Å²) >= 11 is 0. The molecule has 0 radical (unpaired) electrons. The number of nitrogens with one attached hydrogen (secondary N) is 1. The van der Waals surface area contributed by atoms with E-state index in [1.807, 2.05) is 6.92 Å². The lowest BCUT2D eigenvalue weighted by molar-refractivity contribution is 0.0679. The van der Waals surface area contributed by atoms with Crippen molar-refractivity contribution in [1.82, 2.24) is 20.0 Å². The maximum atomic E-state index is 13.0. The van der Waals surface area contributed by atoms with E-state index in [2.05, 4.69) is 10.4 Å². The van der Waals surface area contributed by atoms with E-state index < -0.39 is 17.6 Å². The molecule has 2 heterocycles. The van der Waals surface area contributed by atoms with Gasteiger partial charge in [-0.2, -0.15) is 5.10 Å². The first-order valence-corrected chi connectivity index (χ1v) is 8.63. The molecule has 0 unspecified atom stereocenters. The molecule has 138 valence electrons. The second-order valence-corrected chi connectivity index (χ2v) is 6.23. The Hall–Kier alpha value is -2.90. The van der Waals surface area contributed by atoms with Gasteiger partial charge in [0.15, 0.2) is 17.1 Å². The van der Waals surface area contributed by atoms with Crippen LogP contribution in [0.4, 0.5) is 4.39 Å². The number of benzene rings is 1. The lowest BCUT2D eigenvalue weighted by Crippen LogP contribution is -2.39. The number of aromatic hydroxyl groups is 1. The SMILES string of the molecule is CCCCNC(=O)c1nn2c(c1O)C(=O)N(Cc1ccc(F)cc1)CC2. The second kappa shape index (κ2) is 7.55. The molecule has 0 bridgehead atoms. The molecule has 2 amide bonds. The molecule has 0 spiro atoms. The summed E-state index contributed by atoms with van der Waals surface area (Å²) in [7, 11) is 0. The average molecular weight is 360 g/mol. The summed E-state index contributed by atoms with van der Waals surface area (Å²) in [4.78, 5) is 26.4. The Morgan fingerprint density at radius 2 is 2.04 bits per heavy atom. The average Bonchev–Trinajstić information content (AvgIpc) is 2.97. The van der Waals surface area contributed by atoms with Gasteiger partial charge in [0.05, 0.1) is 6.54 Å². The number of hydrogen-bond donors (Lipinski definition) is 2. The number of unbranched alkanes of at least 4 members (excludes halogenated alkanes) is 1. The molecule has 26 heavy (non-hydrogen) atoms. The van der Waals surface area contributed by atoms with Crippen LogP contribution >= 0.6 is 0 Å². The summed E-state index contributed by atoms with van der Waals surface area (Å²) in [5, 5.41) is 17.1. The molecule has 2 aromatic rings. The molecular weight excluding hydrogens is 339 g/mol. The Morgan fingerprint density at radius 1 is 1.31 bits per heavy atom. The van der Waals surface area contributed by atoms with Crippen LogP contribution in [-0.2, 0) is 13.1 Å². The van der Waals surface area contributed by atoms with Crippen LogP contribution in [0.3, 0.4) is 0 Å². The summed E-state index contributed by atoms with van der Waals surface area (Å²) in [5.41, 5.74) is 0.664. The molecule has 1 aliphatic heterocycles. The fourth-order valence-corrected chi connectivity index (χ4v) is 2.87. The molecule has 1 aromatic carbocycles. The van der Waals surface area contributed by atoms with Gasteiger partial charge in [0.1, 0.15) is 5.82 Å². The number of hydrogen-bond acceptors (Lipinski definition) is 4. The van der Waals surface area contributed by atoms with Gasteiger partial charge < -0.3 is 15.3 Å². The van der Waals surface area contributed by atoms with Gasteiger partial charge in [-0.3, -0.25) is 14.3 Å². The Bertz CT molecular complexity index is 817. The van der Waals surface area contributed by atoms with Crippen LogP contribution in [-0.4, -0.2) is 44.7 Å². The van der Waals surface area contributed by atoms with Gasteiger partial charge in [0.25, 0.3) is 11.8 Å². The quantitative estimate of drug-likeness (QED) is 0.771. The number of nitrogens with zero attached hydrogens (tertiary/aromatic N) is 3. The van der Waals surface area contributed by atoms with Crippen molar-refractivity contribution in [2.75, 3.05) is 13.1 Å². The number of halogens is 1. The standard InChI is InChI=1S/C18H21FN4O3/c1-2-3-8-20-17(25)14-16(24)15-18(26)22(9-10-23(15)21-14)11-12-4-6-13(19)7-5-12/h4-7,24H,2-3,8-11H2,1H3,(H,20,25). The summed E-state index contributed by atoms with van der Waals surface area (Å²) in [5.74, 6) is -1.63. The number of carbonyl (C=O) groups excluding carboxylic acids is 2. The first-order valence-electron chi connectivity index (χ1n) is 8.63. The van der Waals surface area contributed by atoms with Crippen molar-refractivity contribution in [3.8, 4) is 5.75 Å². The molecule has 0 aliphatic carbocycles. The number of rotatable bonds is 6. The molecule has 8 heteroatoms. The summed E-state index contributed by atoms with van der Waals surface area (Å²) in [6, 6.07) is 5.90. The molecule has 7 nitrogen and oxygen atoms in total. The van der Waals surface area contributed by atoms with Gasteiger partial charge in [0.2, 0.25) is 0 Å². The zero-order valence-electron chi connectivity index (χ0n) is 14.5. The van der Waals surface area contributed by atoms with E-state index in [4.69, 9.17) is 0 Å². The fraction of sp³-hybridized carbons (Fsp3) is 0.389. The van der Waals surface area contributed by atoms with E-state index in [-0.39, 0.29) is 17.2 Å². The molecular formula is C18H21FN4O3. The van der Waals surface area contributed by atoms with Crippen molar-refractivity contribution in [3.05, 3.63) is 47.0 Å². The molecule has 0 saturated heterocycles. The van der Waals surface area contributed by atoms with Crippen molar-refractivity contribution < 1.29 is 19.1 Å². The van der Waals surface area contributed by atoms with Crippen LogP contribution < -0.4 is 5.32 Å². The van der Waals surface area contributed by atoms with Crippen LogP contribution in [0.25, 0.3) is 0 Å². The number of aromatic nitrogens is 2. The predicted molar refractivity (Wildman–Crippen MR) is 92.3 cm³/mol. The van der Waals surface area contributed by atoms with Gasteiger partial charge >= 0.3 is 0 Å². The molecule has 1 aromatic heterocycles. The second-order valence-electron chi connectivity index (χ2n) is 6.23. The third-order valence-corrected chi connectivity index (χ3v) is 4.32. The Morgan fingerprint density at radius 3 is 2.73 bits per heavy atom. The van der Waals surface area contributed by atoms with Gasteiger partial charge in [-0.25, -0.2) is 4.39 Å². The highest BCUT2D eigenvalue weighted by atomic mass is 19.1. The van der Waals surface area contributed by atoms with Crippen molar-refractivity contribution in [1.29, 1.82) is 0 Å². The normalized spacial score (nSPS) is 13.6. The summed E-state index contributed by atoms with van der Waals surface area (Å²) in [6.07, 6.45) is 1.76. The Balaban J connectivity index is 1.77. The van der Waals surface area contributed by atoms with Crippen LogP contribution in [0.2, 0.25) is 0 Å². The van der Waals surface area contributed by atoms with Gasteiger partial charge in [-0.15, -0.1) is 0 Å². The van der Waals surface area contributed by atoms with Crippen LogP contribution in [0.5, 0.6) is 5.75 Å². The smallest absolute Gasteiger partial charge is 0.276 e. The number of fused-ring (bicyclic) bond motifs is 1. The van der Waals surface area contributed by atoms with E-state index in [0.29, 0.717) is 26.2 Å². The van der Waals surface area contributed by atoms with E-state index in [0.717, 1.165) is 18.4 Å². The molecule has 3 rings (SSSR count). The molecule has 0 saturated carbocycles. The zero-order chi connectivity index (χ0) is 18.7. The summed E-state index contributed by atoms with van der Waals surface area (Å²) < 4.78 is 14.4. The van der Waals surface area contributed by atoms with Crippen LogP contribution in [0, 0.1) is 5.82 Å². The lowest BCUT2D eigenvalue weighted by atomic mass is 10.1. The third-order valence-electron chi connectivity index (χ3n) is 4.32. The molecule has 0 fully saturated rings. The highest BCUT2D eigenvalue weighted by Gasteiger charge is 2.33. The molecule has 0 atom stereocenters. The monoisotopic (exact) mass is 360 g/mol. The number of amides is 2. The minimum atomic E-state index is -0.490. The minimum absolute atomic E-state index is 0.0130. The van der Waals surface area contributed by atoms with E-state index in [1.165, 1.54) is 16.8 Å². The Kier molecular flexibility index (Phi) is 5.20. The highest BCUT2D eigenvalue weighted by molar-refractivity contribution is 6.02. The first-order chi connectivity index (χ1) is 12.5. The lowest BCUT2D eigenvalue weighted by Gasteiger charge is -2.27. The summed E-state index contributed by atoms with van der Waals surface area (Å²) in [6.45, 7) is 3.55. The third kappa shape index (κ3) is 3.54. The van der Waals surface area contributed by atoms with Crippen molar-refractivity contribution in [2.45, 2.75) is 32.9 Å². The van der Waals surface area contributed by atoms with Crippen molar-refractivity contribution >= 4 is 11.8 Å². The maximum absolute atomic E-state index is 13.0. The first kappa shape index (κ1) is 17.9.